The van der Waals surface area contributed by atoms with Gasteiger partial charge in [0, 0.05) is 26.7 Å². The Morgan fingerprint density at radius 2 is 2.00 bits per heavy atom. The third-order valence-electron chi connectivity index (χ3n) is 4.24. The highest BCUT2D eigenvalue weighted by molar-refractivity contribution is 14.0. The first kappa shape index (κ1) is 22.4. The minimum atomic E-state index is -0.470. The fraction of sp³-hybridized carbons (Fsp3) is 0.579. The maximum absolute atomic E-state index is 12.0. The number of nitrogens with zero attached hydrogens (tertiary/aromatic N) is 2. The van der Waals surface area contributed by atoms with Gasteiger partial charge in [-0.15, -0.1) is 24.0 Å². The summed E-state index contributed by atoms with van der Waals surface area (Å²) in [6, 6.07) is 6.15. The van der Waals surface area contributed by atoms with E-state index in [1.807, 2.05) is 39.0 Å². The summed E-state index contributed by atoms with van der Waals surface area (Å²) >= 11 is 0. The van der Waals surface area contributed by atoms with E-state index < -0.39 is 5.60 Å². The summed E-state index contributed by atoms with van der Waals surface area (Å²) in [6.45, 7) is 7.84. The van der Waals surface area contributed by atoms with Crippen LogP contribution in [0.1, 0.15) is 26.3 Å². The van der Waals surface area contributed by atoms with E-state index in [4.69, 9.17) is 14.2 Å². The molecule has 28 heavy (non-hydrogen) atoms. The zero-order valence-electron chi connectivity index (χ0n) is 16.8. The van der Waals surface area contributed by atoms with Gasteiger partial charge in [-0.25, -0.2) is 4.79 Å². The Kier molecular flexibility index (Phi) is 7.62. The van der Waals surface area contributed by atoms with E-state index in [2.05, 4.69) is 15.6 Å². The molecule has 1 fully saturated rings. The lowest BCUT2D eigenvalue weighted by molar-refractivity contribution is 0.00701. The van der Waals surface area contributed by atoms with E-state index in [0.717, 1.165) is 30.4 Å². The molecule has 1 aromatic rings. The molecule has 3 rings (SSSR count). The Morgan fingerprint density at radius 3 is 2.68 bits per heavy atom. The second-order valence-corrected chi connectivity index (χ2v) is 7.66. The van der Waals surface area contributed by atoms with Crippen molar-refractivity contribution in [3.05, 3.63) is 23.8 Å². The molecule has 2 N–H and O–H groups in total. The second kappa shape index (κ2) is 9.53. The van der Waals surface area contributed by atoms with Crippen LogP contribution in [-0.2, 0) is 11.2 Å². The normalized spacial score (nSPS) is 16.1. The average molecular weight is 504 g/mol. The number of likely N-dealkylation sites (tertiary alicyclic amines) is 1. The van der Waals surface area contributed by atoms with Crippen molar-refractivity contribution in [1.82, 2.24) is 15.5 Å². The maximum Gasteiger partial charge on any atom is 0.410 e. The number of ether oxygens (including phenoxy) is 3. The standard InChI is InChI=1S/C19H28N4O4.HI/c1-19(2,3)27-18(24)23-10-14(11-23)22-17(20-4)21-8-7-13-5-6-15-16(9-13)26-12-25-15;/h5-6,9,14H,7-8,10-12H2,1-4H3,(H2,20,21,22);1H. The Balaban J connectivity index is 0.00000280. The molecule has 0 radical (unpaired) electrons. The number of carbonyl (C=O) groups excluding carboxylic acids is 1. The Hall–Kier alpha value is -1.91. The molecular weight excluding hydrogens is 475 g/mol. The van der Waals surface area contributed by atoms with Gasteiger partial charge >= 0.3 is 6.09 Å². The number of guanidine groups is 1. The van der Waals surface area contributed by atoms with Crippen molar-refractivity contribution in [2.45, 2.75) is 38.8 Å². The second-order valence-electron chi connectivity index (χ2n) is 7.66. The van der Waals surface area contributed by atoms with E-state index >= 15 is 0 Å². The molecule has 1 amide bonds. The van der Waals surface area contributed by atoms with Gasteiger partial charge in [0.05, 0.1) is 6.04 Å². The monoisotopic (exact) mass is 504 g/mol. The number of amides is 1. The van der Waals surface area contributed by atoms with Gasteiger partial charge in [0.25, 0.3) is 0 Å². The highest BCUT2D eigenvalue weighted by atomic mass is 127. The number of nitrogens with one attached hydrogen (secondary N) is 2. The lowest BCUT2D eigenvalue weighted by Gasteiger charge is -2.40. The summed E-state index contributed by atoms with van der Waals surface area (Å²) in [5.74, 6) is 2.32. The van der Waals surface area contributed by atoms with Crippen molar-refractivity contribution in [3.63, 3.8) is 0 Å². The first-order valence-corrected chi connectivity index (χ1v) is 9.18. The van der Waals surface area contributed by atoms with Gasteiger partial charge in [-0.3, -0.25) is 4.99 Å². The zero-order chi connectivity index (χ0) is 19.4. The van der Waals surface area contributed by atoms with E-state index in [-0.39, 0.29) is 42.9 Å². The van der Waals surface area contributed by atoms with Crippen molar-refractivity contribution in [2.24, 2.45) is 4.99 Å². The summed E-state index contributed by atoms with van der Waals surface area (Å²) in [4.78, 5) is 17.9. The molecule has 8 nitrogen and oxygen atoms in total. The van der Waals surface area contributed by atoms with Gasteiger partial charge in [0.1, 0.15) is 5.60 Å². The maximum atomic E-state index is 12.0. The molecule has 0 spiro atoms. The summed E-state index contributed by atoms with van der Waals surface area (Å²) in [5, 5.41) is 6.62. The Bertz CT molecular complexity index is 714. The molecule has 156 valence electrons. The minimum Gasteiger partial charge on any atom is -0.454 e. The number of fused-ring (bicyclic) bond motifs is 1. The van der Waals surface area contributed by atoms with E-state index in [0.29, 0.717) is 13.1 Å². The van der Waals surface area contributed by atoms with Crippen LogP contribution in [0.15, 0.2) is 23.2 Å². The molecule has 0 atom stereocenters. The fourth-order valence-corrected chi connectivity index (χ4v) is 2.86. The van der Waals surface area contributed by atoms with Gasteiger partial charge in [-0.1, -0.05) is 6.07 Å². The number of benzene rings is 1. The van der Waals surface area contributed by atoms with Crippen LogP contribution in [0.3, 0.4) is 0 Å². The number of halogens is 1. The van der Waals surface area contributed by atoms with Crippen molar-refractivity contribution in [3.8, 4) is 11.5 Å². The molecule has 2 heterocycles. The van der Waals surface area contributed by atoms with Crippen LogP contribution >= 0.6 is 24.0 Å². The van der Waals surface area contributed by atoms with Gasteiger partial charge < -0.3 is 29.7 Å². The highest BCUT2D eigenvalue weighted by Gasteiger charge is 2.34. The number of rotatable bonds is 4. The van der Waals surface area contributed by atoms with Crippen molar-refractivity contribution in [1.29, 1.82) is 0 Å². The zero-order valence-corrected chi connectivity index (χ0v) is 19.1. The molecule has 1 saturated heterocycles. The number of hydrogen-bond donors (Lipinski definition) is 2. The summed E-state index contributed by atoms with van der Waals surface area (Å²) in [5.41, 5.74) is 0.698. The largest absolute Gasteiger partial charge is 0.454 e. The molecule has 0 saturated carbocycles. The molecule has 0 aromatic heterocycles. The third-order valence-corrected chi connectivity index (χ3v) is 4.24. The van der Waals surface area contributed by atoms with Crippen LogP contribution in [0.25, 0.3) is 0 Å². The van der Waals surface area contributed by atoms with Crippen LogP contribution < -0.4 is 20.1 Å². The highest BCUT2D eigenvalue weighted by Crippen LogP contribution is 2.32. The summed E-state index contributed by atoms with van der Waals surface area (Å²) < 4.78 is 16.1. The fourth-order valence-electron chi connectivity index (χ4n) is 2.86. The molecule has 2 aliphatic rings. The van der Waals surface area contributed by atoms with Crippen LogP contribution in [0, 0.1) is 0 Å². The van der Waals surface area contributed by atoms with Gasteiger partial charge in [0.2, 0.25) is 6.79 Å². The molecule has 1 aromatic carbocycles. The molecular formula is C19H29IN4O4. The lowest BCUT2D eigenvalue weighted by atomic mass is 10.1. The molecule has 2 aliphatic heterocycles. The SMILES string of the molecule is CN=C(NCCc1ccc2c(c1)OCO2)NC1CN(C(=O)OC(C)(C)C)C1.I. The van der Waals surface area contributed by atoms with E-state index in [9.17, 15) is 4.79 Å². The Morgan fingerprint density at radius 1 is 1.29 bits per heavy atom. The van der Waals surface area contributed by atoms with Crippen molar-refractivity contribution in [2.75, 3.05) is 33.5 Å². The van der Waals surface area contributed by atoms with Crippen molar-refractivity contribution < 1.29 is 19.0 Å². The summed E-state index contributed by atoms with van der Waals surface area (Å²) in [6.07, 6.45) is 0.567. The quantitative estimate of drug-likeness (QED) is 0.372. The predicted octanol–water partition coefficient (Wildman–Crippen LogP) is 2.36. The number of carbonyl (C=O) groups is 1. The van der Waals surface area contributed by atoms with Crippen molar-refractivity contribution >= 4 is 36.0 Å². The van der Waals surface area contributed by atoms with Crippen LogP contribution in [0.5, 0.6) is 11.5 Å². The van der Waals surface area contributed by atoms with Gasteiger partial charge in [0.15, 0.2) is 17.5 Å². The number of aliphatic imine (C=N–C) groups is 1. The third kappa shape index (κ3) is 6.05. The van der Waals surface area contributed by atoms with Crippen LogP contribution in [-0.4, -0.2) is 62.1 Å². The molecule has 0 aliphatic carbocycles. The van der Waals surface area contributed by atoms with E-state index in [1.165, 1.54) is 5.56 Å². The molecule has 9 heteroatoms. The smallest absolute Gasteiger partial charge is 0.410 e. The van der Waals surface area contributed by atoms with Crippen LogP contribution in [0.2, 0.25) is 0 Å². The predicted molar refractivity (Wildman–Crippen MR) is 118 cm³/mol. The molecule has 0 unspecified atom stereocenters. The minimum absolute atomic E-state index is 0. The van der Waals surface area contributed by atoms with Crippen LogP contribution in [0.4, 0.5) is 4.79 Å². The topological polar surface area (TPSA) is 84.4 Å². The molecule has 0 bridgehead atoms. The van der Waals surface area contributed by atoms with E-state index in [1.54, 1.807) is 11.9 Å². The first-order chi connectivity index (χ1) is 12.8. The van der Waals surface area contributed by atoms with Gasteiger partial charge in [-0.2, -0.15) is 0 Å². The first-order valence-electron chi connectivity index (χ1n) is 9.18. The number of hydrogen-bond acceptors (Lipinski definition) is 5. The van der Waals surface area contributed by atoms with Gasteiger partial charge in [-0.05, 0) is 44.9 Å². The summed E-state index contributed by atoms with van der Waals surface area (Å²) in [7, 11) is 1.74. The average Bonchev–Trinajstić information content (AvgIpc) is 3.01. The lowest BCUT2D eigenvalue weighted by Crippen LogP contribution is -2.63. The Labute approximate surface area is 183 Å².